The van der Waals surface area contributed by atoms with E-state index in [4.69, 9.17) is 5.73 Å². The zero-order valence-corrected chi connectivity index (χ0v) is 12.3. The van der Waals surface area contributed by atoms with Gasteiger partial charge in [0.1, 0.15) is 0 Å². The van der Waals surface area contributed by atoms with Gasteiger partial charge in [-0.2, -0.15) is 5.10 Å². The Kier molecular flexibility index (Phi) is 3.17. The number of hydrogen-bond acceptors (Lipinski definition) is 4. The van der Waals surface area contributed by atoms with Crippen molar-refractivity contribution in [3.63, 3.8) is 0 Å². The summed E-state index contributed by atoms with van der Waals surface area (Å²) in [4.78, 5) is 12.4. The Hall–Kier alpha value is -1.95. The summed E-state index contributed by atoms with van der Waals surface area (Å²) < 4.78 is 1.85. The highest BCUT2D eigenvalue weighted by molar-refractivity contribution is 7.99. The lowest BCUT2D eigenvalue weighted by atomic mass is 10.0. The maximum absolute atomic E-state index is 11.4. The van der Waals surface area contributed by atoms with E-state index >= 15 is 0 Å². The molecule has 1 aromatic carbocycles. The smallest absolute Gasteiger partial charge is 0.224 e. The number of rotatable bonds is 2. The van der Waals surface area contributed by atoms with Crippen molar-refractivity contribution in [3.8, 4) is 0 Å². The average molecular weight is 288 g/mol. The summed E-state index contributed by atoms with van der Waals surface area (Å²) in [7, 11) is 1.92. The van der Waals surface area contributed by atoms with Gasteiger partial charge in [0.25, 0.3) is 0 Å². The maximum Gasteiger partial charge on any atom is 0.224 e. The highest BCUT2D eigenvalue weighted by Gasteiger charge is 2.17. The first-order valence-corrected chi connectivity index (χ1v) is 7.25. The lowest BCUT2D eigenvalue weighted by Crippen LogP contribution is -2.19. The molecular weight excluding hydrogens is 272 g/mol. The van der Waals surface area contributed by atoms with Crippen molar-refractivity contribution in [3.05, 3.63) is 29.5 Å². The fraction of sp³-hybridized carbons (Fsp3) is 0.286. The normalized spacial score (nSPS) is 14.0. The van der Waals surface area contributed by atoms with Gasteiger partial charge in [0.15, 0.2) is 0 Å². The molecular formula is C14H16N4OS. The standard InChI is InChI=1S/C14H16N4OS/c1-8-5-14(18(2)17-8)20-12-6-9-3-4-13(19)16-11(9)7-10(12)15/h5-7H,3-4,15H2,1-2H3,(H,16,19). The van der Waals surface area contributed by atoms with Gasteiger partial charge in [0.05, 0.1) is 10.7 Å². The van der Waals surface area contributed by atoms with Crippen LogP contribution in [0.4, 0.5) is 11.4 Å². The molecule has 2 heterocycles. The molecule has 0 saturated carbocycles. The zero-order chi connectivity index (χ0) is 14.3. The fourth-order valence-corrected chi connectivity index (χ4v) is 3.31. The van der Waals surface area contributed by atoms with Crippen LogP contribution >= 0.6 is 11.8 Å². The van der Waals surface area contributed by atoms with E-state index in [1.54, 1.807) is 11.8 Å². The van der Waals surface area contributed by atoms with Crippen LogP contribution in [0.2, 0.25) is 0 Å². The number of carbonyl (C=O) groups excluding carboxylic acids is 1. The van der Waals surface area contributed by atoms with Gasteiger partial charge in [-0.1, -0.05) is 11.8 Å². The maximum atomic E-state index is 11.4. The first-order valence-electron chi connectivity index (χ1n) is 6.43. The first kappa shape index (κ1) is 13.1. The summed E-state index contributed by atoms with van der Waals surface area (Å²) in [6.07, 6.45) is 1.30. The van der Waals surface area contributed by atoms with Crippen LogP contribution in [0.1, 0.15) is 17.7 Å². The van der Waals surface area contributed by atoms with Gasteiger partial charge >= 0.3 is 0 Å². The van der Waals surface area contributed by atoms with E-state index in [2.05, 4.69) is 16.5 Å². The molecule has 1 aliphatic heterocycles. The largest absolute Gasteiger partial charge is 0.398 e. The molecule has 0 saturated heterocycles. The quantitative estimate of drug-likeness (QED) is 0.832. The van der Waals surface area contributed by atoms with Crippen LogP contribution in [0.15, 0.2) is 28.1 Å². The van der Waals surface area contributed by atoms with Gasteiger partial charge in [0.2, 0.25) is 5.91 Å². The summed E-state index contributed by atoms with van der Waals surface area (Å²) in [5.41, 5.74) is 9.73. The number of nitrogens with zero attached hydrogens (tertiary/aromatic N) is 2. The van der Waals surface area contributed by atoms with E-state index in [0.717, 1.165) is 33.3 Å². The summed E-state index contributed by atoms with van der Waals surface area (Å²) in [5, 5.41) is 8.24. The van der Waals surface area contributed by atoms with E-state index in [0.29, 0.717) is 12.1 Å². The van der Waals surface area contributed by atoms with Crippen molar-refractivity contribution in [2.75, 3.05) is 11.1 Å². The number of aryl methyl sites for hydroxylation is 3. The fourth-order valence-electron chi connectivity index (χ4n) is 2.31. The number of nitrogen functional groups attached to an aromatic ring is 1. The van der Waals surface area contributed by atoms with Crippen LogP contribution < -0.4 is 11.1 Å². The molecule has 1 amide bonds. The third kappa shape index (κ3) is 2.38. The van der Waals surface area contributed by atoms with Crippen LogP contribution in [0, 0.1) is 6.92 Å². The lowest BCUT2D eigenvalue weighted by molar-refractivity contribution is -0.116. The van der Waals surface area contributed by atoms with Crippen LogP contribution in [0.3, 0.4) is 0 Å². The third-order valence-electron chi connectivity index (χ3n) is 3.30. The molecule has 0 aliphatic carbocycles. The number of carbonyl (C=O) groups is 1. The molecule has 1 aliphatic rings. The number of aromatic nitrogens is 2. The molecule has 2 aromatic rings. The predicted molar refractivity (Wildman–Crippen MR) is 79.9 cm³/mol. The second kappa shape index (κ2) is 4.86. The summed E-state index contributed by atoms with van der Waals surface area (Å²) >= 11 is 1.60. The molecule has 0 unspecified atom stereocenters. The van der Waals surface area contributed by atoms with Crippen molar-refractivity contribution in [1.29, 1.82) is 0 Å². The van der Waals surface area contributed by atoms with E-state index < -0.39 is 0 Å². The van der Waals surface area contributed by atoms with Crippen LogP contribution in [0.5, 0.6) is 0 Å². The van der Waals surface area contributed by atoms with Crippen LogP contribution in [-0.2, 0) is 18.3 Å². The molecule has 0 spiro atoms. The van der Waals surface area contributed by atoms with Crippen LogP contribution in [-0.4, -0.2) is 15.7 Å². The molecule has 20 heavy (non-hydrogen) atoms. The van der Waals surface area contributed by atoms with Gasteiger partial charge < -0.3 is 11.1 Å². The van der Waals surface area contributed by atoms with Gasteiger partial charge in [-0.25, -0.2) is 0 Å². The predicted octanol–water partition coefficient (Wildman–Crippen LogP) is 2.35. The SMILES string of the molecule is Cc1cc(Sc2cc3c(cc2N)NC(=O)CC3)n(C)n1. The summed E-state index contributed by atoms with van der Waals surface area (Å²) in [5.74, 6) is 0.0552. The Bertz CT molecular complexity index is 693. The molecule has 0 atom stereocenters. The molecule has 0 radical (unpaired) electrons. The molecule has 0 bridgehead atoms. The van der Waals surface area contributed by atoms with Gasteiger partial charge in [-0.3, -0.25) is 9.48 Å². The average Bonchev–Trinajstić information content (AvgIpc) is 2.69. The zero-order valence-electron chi connectivity index (χ0n) is 11.4. The lowest BCUT2D eigenvalue weighted by Gasteiger charge is -2.19. The Morgan fingerprint density at radius 3 is 2.85 bits per heavy atom. The van der Waals surface area contributed by atoms with E-state index in [1.807, 2.05) is 30.8 Å². The van der Waals surface area contributed by atoms with Crippen LogP contribution in [0.25, 0.3) is 0 Å². The van der Waals surface area contributed by atoms with E-state index in [1.165, 1.54) is 0 Å². The molecule has 1 aromatic heterocycles. The number of fused-ring (bicyclic) bond motifs is 1. The van der Waals surface area contributed by atoms with Gasteiger partial charge in [-0.05, 0) is 37.1 Å². The Balaban J connectivity index is 1.94. The highest BCUT2D eigenvalue weighted by atomic mass is 32.2. The van der Waals surface area contributed by atoms with Crippen molar-refractivity contribution >= 4 is 29.0 Å². The topological polar surface area (TPSA) is 72.9 Å². The third-order valence-corrected chi connectivity index (χ3v) is 4.47. The Labute approximate surface area is 121 Å². The molecule has 104 valence electrons. The van der Waals surface area contributed by atoms with Crippen molar-refractivity contribution < 1.29 is 4.79 Å². The Morgan fingerprint density at radius 1 is 1.35 bits per heavy atom. The number of benzene rings is 1. The molecule has 6 heteroatoms. The molecule has 3 N–H and O–H groups in total. The minimum atomic E-state index is 0.0552. The second-order valence-corrected chi connectivity index (χ2v) is 6.01. The first-order chi connectivity index (χ1) is 9.52. The molecule has 3 rings (SSSR count). The van der Waals surface area contributed by atoms with Crippen molar-refractivity contribution in [1.82, 2.24) is 9.78 Å². The molecule has 0 fully saturated rings. The number of nitrogens with two attached hydrogens (primary N) is 1. The summed E-state index contributed by atoms with van der Waals surface area (Å²) in [6, 6.07) is 5.94. The minimum absolute atomic E-state index is 0.0552. The Morgan fingerprint density at radius 2 is 2.15 bits per heavy atom. The molecule has 5 nitrogen and oxygen atoms in total. The van der Waals surface area contributed by atoms with Gasteiger partial charge in [-0.15, -0.1) is 0 Å². The van der Waals surface area contributed by atoms with Gasteiger partial charge in [0, 0.05) is 29.7 Å². The second-order valence-electron chi connectivity index (χ2n) is 4.94. The highest BCUT2D eigenvalue weighted by Crippen LogP contribution is 2.37. The minimum Gasteiger partial charge on any atom is -0.398 e. The van der Waals surface area contributed by atoms with E-state index in [-0.39, 0.29) is 5.91 Å². The summed E-state index contributed by atoms with van der Waals surface area (Å²) in [6.45, 7) is 1.97. The number of nitrogens with one attached hydrogen (secondary N) is 1. The van der Waals surface area contributed by atoms with Crippen molar-refractivity contribution in [2.45, 2.75) is 29.7 Å². The number of anilines is 2. The number of hydrogen-bond donors (Lipinski definition) is 2. The monoisotopic (exact) mass is 288 g/mol. The van der Waals surface area contributed by atoms with E-state index in [9.17, 15) is 4.79 Å². The van der Waals surface area contributed by atoms with Crippen molar-refractivity contribution in [2.24, 2.45) is 7.05 Å². The number of amides is 1.